The lowest BCUT2D eigenvalue weighted by Gasteiger charge is -2.14. The average Bonchev–Trinajstić information content (AvgIpc) is 3.01. The summed E-state index contributed by atoms with van der Waals surface area (Å²) in [5.74, 6) is 2.06. The Hall–Kier alpha value is -3.72. The van der Waals surface area contributed by atoms with Crippen molar-refractivity contribution >= 4 is 15.7 Å². The summed E-state index contributed by atoms with van der Waals surface area (Å²) >= 11 is 0. The summed E-state index contributed by atoms with van der Waals surface area (Å²) in [6, 6.07) is 12.2. The maximum Gasteiger partial charge on any atom is 0.262 e. The van der Waals surface area contributed by atoms with Gasteiger partial charge in [0.25, 0.3) is 10.0 Å². The van der Waals surface area contributed by atoms with Gasteiger partial charge in [-0.1, -0.05) is 17.7 Å². The van der Waals surface area contributed by atoms with Crippen LogP contribution in [-0.4, -0.2) is 28.2 Å². The molecule has 1 N–H and O–H groups in total. The van der Waals surface area contributed by atoms with Crippen LogP contribution in [0.15, 0.2) is 47.4 Å². The lowest BCUT2D eigenvalue weighted by atomic mass is 10.1. The van der Waals surface area contributed by atoms with Gasteiger partial charge in [-0.05, 0) is 89.4 Å². The molecule has 2 aromatic carbocycles. The summed E-state index contributed by atoms with van der Waals surface area (Å²) in [7, 11) is -3.73. The molecule has 0 aliphatic rings. The van der Waals surface area contributed by atoms with E-state index in [1.165, 1.54) is 0 Å². The summed E-state index contributed by atoms with van der Waals surface area (Å²) in [4.78, 5) is 9.17. The van der Waals surface area contributed by atoms with E-state index >= 15 is 0 Å². The summed E-state index contributed by atoms with van der Waals surface area (Å²) in [5.41, 5.74) is 5.94. The number of aromatic nitrogens is 4. The van der Waals surface area contributed by atoms with Gasteiger partial charge in [-0.15, -0.1) is 0 Å². The van der Waals surface area contributed by atoms with Crippen molar-refractivity contribution in [3.8, 4) is 17.4 Å². The molecule has 0 radical (unpaired) electrons. The molecule has 2 heterocycles. The van der Waals surface area contributed by atoms with E-state index in [9.17, 15) is 8.42 Å². The highest BCUT2D eigenvalue weighted by Gasteiger charge is 2.20. The molecule has 0 bridgehead atoms. The van der Waals surface area contributed by atoms with Gasteiger partial charge in [-0.2, -0.15) is 10.1 Å². The van der Waals surface area contributed by atoms with Crippen molar-refractivity contribution in [1.29, 1.82) is 0 Å². The van der Waals surface area contributed by atoms with Gasteiger partial charge >= 0.3 is 0 Å². The van der Waals surface area contributed by atoms with Crippen molar-refractivity contribution in [3.63, 3.8) is 0 Å². The van der Waals surface area contributed by atoms with Crippen LogP contribution in [0.5, 0.6) is 11.6 Å². The highest BCUT2D eigenvalue weighted by atomic mass is 32.2. The Morgan fingerprint density at radius 2 is 1.49 bits per heavy atom. The van der Waals surface area contributed by atoms with Crippen LogP contribution in [0.3, 0.4) is 0 Å². The number of anilines is 1. The molecule has 0 saturated carbocycles. The van der Waals surface area contributed by atoms with E-state index in [4.69, 9.17) is 4.74 Å². The molecule has 0 aliphatic carbocycles. The molecule has 0 aliphatic heterocycles. The molecule has 0 atom stereocenters. The first-order chi connectivity index (χ1) is 16.4. The Morgan fingerprint density at radius 3 is 2.06 bits per heavy atom. The average molecular weight is 492 g/mol. The van der Waals surface area contributed by atoms with Gasteiger partial charge in [0.15, 0.2) is 5.82 Å². The second-order valence-corrected chi connectivity index (χ2v) is 10.4. The third-order valence-corrected chi connectivity index (χ3v) is 7.56. The van der Waals surface area contributed by atoms with Crippen LogP contribution in [-0.2, 0) is 10.0 Å². The fourth-order valence-corrected chi connectivity index (χ4v) is 5.65. The van der Waals surface area contributed by atoms with Crippen LogP contribution in [0.1, 0.15) is 39.5 Å². The molecule has 4 aromatic rings. The second kappa shape index (κ2) is 9.14. The summed E-state index contributed by atoms with van der Waals surface area (Å²) in [6.45, 7) is 13.3. The number of hydrogen-bond acceptors (Lipinski definition) is 6. The topological polar surface area (TPSA) is 99.0 Å². The minimum Gasteiger partial charge on any atom is -0.439 e. The number of ether oxygens (including phenoxy) is 1. The van der Waals surface area contributed by atoms with Crippen molar-refractivity contribution < 1.29 is 13.2 Å². The predicted molar refractivity (Wildman–Crippen MR) is 136 cm³/mol. The molecule has 2 aromatic heterocycles. The Balaban J connectivity index is 1.55. The number of nitrogens with one attached hydrogen (secondary N) is 1. The molecule has 35 heavy (non-hydrogen) atoms. The molecule has 0 saturated heterocycles. The van der Waals surface area contributed by atoms with Gasteiger partial charge in [0.05, 0.1) is 10.6 Å². The quantitative estimate of drug-likeness (QED) is 0.387. The standard InChI is InChI=1S/C26H29N5O3S/c1-15-12-16(2)26(17(3)13-15)35(32,33)30-22-8-10-23(11-9-22)34-25-14-24(27-21(7)28-25)31-20(6)18(4)19(5)29-31/h8-14,30H,1-7H3. The highest BCUT2D eigenvalue weighted by Crippen LogP contribution is 2.27. The van der Waals surface area contributed by atoms with Gasteiger partial charge in [0, 0.05) is 17.4 Å². The number of benzene rings is 2. The van der Waals surface area contributed by atoms with Crippen LogP contribution in [0.25, 0.3) is 5.82 Å². The van der Waals surface area contributed by atoms with E-state index < -0.39 is 10.0 Å². The SMILES string of the molecule is Cc1cc(C)c(S(=O)(=O)Nc2ccc(Oc3cc(-n4nc(C)c(C)c4C)nc(C)n3)cc2)c(C)c1. The first-order valence-electron chi connectivity index (χ1n) is 11.2. The normalized spacial score (nSPS) is 11.5. The molecule has 4 rings (SSSR count). The zero-order chi connectivity index (χ0) is 25.5. The van der Waals surface area contributed by atoms with Gasteiger partial charge in [0.1, 0.15) is 11.6 Å². The highest BCUT2D eigenvalue weighted by molar-refractivity contribution is 7.92. The van der Waals surface area contributed by atoms with E-state index in [-0.39, 0.29) is 0 Å². The Labute approximate surface area is 206 Å². The van der Waals surface area contributed by atoms with Crippen LogP contribution in [0, 0.1) is 48.5 Å². The van der Waals surface area contributed by atoms with E-state index in [1.54, 1.807) is 55.8 Å². The van der Waals surface area contributed by atoms with Crippen molar-refractivity contribution in [2.24, 2.45) is 0 Å². The molecule has 0 fully saturated rings. The lowest BCUT2D eigenvalue weighted by Crippen LogP contribution is -2.15. The van der Waals surface area contributed by atoms with E-state index in [1.807, 2.05) is 39.8 Å². The maximum absolute atomic E-state index is 13.0. The van der Waals surface area contributed by atoms with Crippen LogP contribution >= 0.6 is 0 Å². The smallest absolute Gasteiger partial charge is 0.262 e. The maximum atomic E-state index is 13.0. The molecular formula is C26H29N5O3S. The van der Waals surface area contributed by atoms with E-state index in [0.29, 0.717) is 45.0 Å². The summed E-state index contributed by atoms with van der Waals surface area (Å²) < 4.78 is 36.4. The summed E-state index contributed by atoms with van der Waals surface area (Å²) in [5, 5.41) is 4.56. The van der Waals surface area contributed by atoms with Crippen molar-refractivity contribution in [3.05, 3.63) is 81.9 Å². The molecule has 8 nitrogen and oxygen atoms in total. The molecule has 9 heteroatoms. The second-order valence-electron chi connectivity index (χ2n) is 8.78. The van der Waals surface area contributed by atoms with E-state index in [2.05, 4.69) is 19.8 Å². The van der Waals surface area contributed by atoms with Crippen molar-refractivity contribution in [2.75, 3.05) is 4.72 Å². The first-order valence-corrected chi connectivity index (χ1v) is 12.7. The summed E-state index contributed by atoms with van der Waals surface area (Å²) in [6.07, 6.45) is 0. The zero-order valence-corrected chi connectivity index (χ0v) is 21.8. The molecule has 0 amide bonds. The van der Waals surface area contributed by atoms with Crippen molar-refractivity contribution in [2.45, 2.75) is 53.4 Å². The first kappa shape index (κ1) is 24.4. The number of nitrogens with zero attached hydrogens (tertiary/aromatic N) is 4. The fourth-order valence-electron chi connectivity index (χ4n) is 4.14. The Bertz CT molecular complexity index is 1500. The van der Waals surface area contributed by atoms with Crippen LogP contribution in [0.2, 0.25) is 0 Å². The predicted octanol–water partition coefficient (Wildman–Crippen LogP) is 5.41. The number of rotatable bonds is 6. The third-order valence-electron chi connectivity index (χ3n) is 5.87. The molecule has 182 valence electrons. The van der Waals surface area contributed by atoms with Crippen LogP contribution in [0.4, 0.5) is 5.69 Å². The van der Waals surface area contributed by atoms with Gasteiger partial charge < -0.3 is 4.74 Å². The number of hydrogen-bond donors (Lipinski definition) is 1. The minimum atomic E-state index is -3.73. The fraction of sp³-hybridized carbons (Fsp3) is 0.269. The Kier molecular flexibility index (Phi) is 6.38. The zero-order valence-electron chi connectivity index (χ0n) is 21.0. The third kappa shape index (κ3) is 5.05. The minimum absolute atomic E-state index is 0.298. The number of sulfonamides is 1. The van der Waals surface area contributed by atoms with Crippen LogP contribution < -0.4 is 9.46 Å². The Morgan fingerprint density at radius 1 is 0.857 bits per heavy atom. The number of aryl methyl sites for hydroxylation is 5. The van der Waals surface area contributed by atoms with Gasteiger partial charge in [-0.25, -0.2) is 18.1 Å². The molecular weight excluding hydrogens is 462 g/mol. The van der Waals surface area contributed by atoms with E-state index in [0.717, 1.165) is 22.5 Å². The molecule has 0 unspecified atom stereocenters. The molecule has 0 spiro atoms. The van der Waals surface area contributed by atoms with Gasteiger partial charge in [-0.3, -0.25) is 4.72 Å². The lowest BCUT2D eigenvalue weighted by molar-refractivity contribution is 0.459. The largest absolute Gasteiger partial charge is 0.439 e. The van der Waals surface area contributed by atoms with Gasteiger partial charge in [0.2, 0.25) is 5.88 Å². The monoisotopic (exact) mass is 491 g/mol. The van der Waals surface area contributed by atoms with Crippen molar-refractivity contribution in [1.82, 2.24) is 19.7 Å².